The summed E-state index contributed by atoms with van der Waals surface area (Å²) in [5, 5.41) is 0.331. The molecule has 0 unspecified atom stereocenters. The third-order valence-corrected chi connectivity index (χ3v) is 3.29. The van der Waals surface area contributed by atoms with Crippen LogP contribution in [0.1, 0.15) is 31.9 Å². The van der Waals surface area contributed by atoms with Gasteiger partial charge in [-0.15, -0.1) is 0 Å². The van der Waals surface area contributed by atoms with Gasteiger partial charge in [-0.25, -0.2) is 0 Å². The van der Waals surface area contributed by atoms with Crippen molar-refractivity contribution < 1.29 is 13.2 Å². The average Bonchev–Trinajstić information content (AvgIpc) is 2.40. The van der Waals surface area contributed by atoms with Crippen molar-refractivity contribution in [2.75, 3.05) is 0 Å². The normalized spacial score (nSPS) is 12.0. The first-order valence-corrected chi connectivity index (χ1v) is 6.65. The number of para-hydroxylation sites is 1. The molecule has 5 heteroatoms. The van der Waals surface area contributed by atoms with Gasteiger partial charge in [-0.05, 0) is 18.6 Å². The molecule has 0 bridgehead atoms. The minimum absolute atomic E-state index is 0.267. The van der Waals surface area contributed by atoms with E-state index in [0.29, 0.717) is 23.4 Å². The molecule has 0 atom stereocenters. The molecule has 2 rings (SSSR count). The van der Waals surface area contributed by atoms with E-state index in [1.807, 2.05) is 6.92 Å². The number of benzene rings is 1. The first kappa shape index (κ1) is 14.6. The highest BCUT2D eigenvalue weighted by molar-refractivity contribution is 5.79. The summed E-state index contributed by atoms with van der Waals surface area (Å²) >= 11 is 0. The van der Waals surface area contributed by atoms with Crippen LogP contribution in [0.3, 0.4) is 0 Å². The molecule has 108 valence electrons. The quantitative estimate of drug-likeness (QED) is 0.770. The van der Waals surface area contributed by atoms with E-state index in [1.165, 1.54) is 4.57 Å². The number of hydrogen-bond donors (Lipinski definition) is 0. The second kappa shape index (κ2) is 5.69. The molecular formula is C15H16F3NO. The second-order valence-electron chi connectivity index (χ2n) is 4.77. The predicted molar refractivity (Wildman–Crippen MR) is 72.7 cm³/mol. The SMILES string of the molecule is CCCCCn1c(C(F)(F)F)cc(=O)c2ccccc21. The van der Waals surface area contributed by atoms with Crippen LogP contribution < -0.4 is 5.43 Å². The summed E-state index contributed by atoms with van der Waals surface area (Å²) in [6.45, 7) is 2.26. The molecule has 1 aromatic heterocycles. The van der Waals surface area contributed by atoms with Crippen LogP contribution in [0.2, 0.25) is 0 Å². The zero-order valence-corrected chi connectivity index (χ0v) is 11.2. The van der Waals surface area contributed by atoms with Crippen molar-refractivity contribution in [2.45, 2.75) is 38.9 Å². The Morgan fingerprint density at radius 2 is 1.85 bits per heavy atom. The van der Waals surface area contributed by atoms with Crippen molar-refractivity contribution in [2.24, 2.45) is 0 Å². The number of unbranched alkanes of at least 4 members (excludes halogenated alkanes) is 2. The van der Waals surface area contributed by atoms with Gasteiger partial charge in [-0.2, -0.15) is 13.2 Å². The van der Waals surface area contributed by atoms with Crippen LogP contribution in [-0.4, -0.2) is 4.57 Å². The monoisotopic (exact) mass is 283 g/mol. The molecule has 1 aromatic carbocycles. The first-order chi connectivity index (χ1) is 9.45. The van der Waals surface area contributed by atoms with Crippen LogP contribution in [0.5, 0.6) is 0 Å². The van der Waals surface area contributed by atoms with Crippen molar-refractivity contribution in [3.05, 3.63) is 46.2 Å². The van der Waals surface area contributed by atoms with Gasteiger partial charge in [0.1, 0.15) is 5.69 Å². The summed E-state index contributed by atoms with van der Waals surface area (Å²) in [4.78, 5) is 11.8. The smallest absolute Gasteiger partial charge is 0.337 e. The molecule has 2 nitrogen and oxygen atoms in total. The maximum Gasteiger partial charge on any atom is 0.431 e. The van der Waals surface area contributed by atoms with Gasteiger partial charge in [0.25, 0.3) is 0 Å². The number of aromatic nitrogens is 1. The number of halogens is 3. The summed E-state index contributed by atoms with van der Waals surface area (Å²) in [5.41, 5.74) is -1.10. The summed E-state index contributed by atoms with van der Waals surface area (Å²) in [6.07, 6.45) is -2.07. The number of pyridine rings is 1. The van der Waals surface area contributed by atoms with E-state index in [1.54, 1.807) is 24.3 Å². The van der Waals surface area contributed by atoms with E-state index in [-0.39, 0.29) is 6.54 Å². The number of hydrogen-bond acceptors (Lipinski definition) is 1. The van der Waals surface area contributed by atoms with E-state index < -0.39 is 17.3 Å². The third kappa shape index (κ3) is 2.86. The van der Waals surface area contributed by atoms with Gasteiger partial charge in [0, 0.05) is 18.0 Å². The van der Waals surface area contributed by atoms with Crippen LogP contribution in [0.4, 0.5) is 13.2 Å². The Bertz CT molecular complexity index is 658. The summed E-state index contributed by atoms with van der Waals surface area (Å²) in [5.74, 6) is 0. The van der Waals surface area contributed by atoms with E-state index in [0.717, 1.165) is 12.8 Å². The van der Waals surface area contributed by atoms with E-state index in [2.05, 4.69) is 0 Å². The minimum Gasteiger partial charge on any atom is -0.337 e. The fraction of sp³-hybridized carbons (Fsp3) is 0.400. The number of aryl methyl sites for hydroxylation is 1. The van der Waals surface area contributed by atoms with Gasteiger partial charge in [-0.1, -0.05) is 31.9 Å². The molecule has 0 aliphatic carbocycles. The molecule has 0 N–H and O–H groups in total. The molecule has 0 fully saturated rings. The average molecular weight is 283 g/mol. The van der Waals surface area contributed by atoms with Gasteiger partial charge >= 0.3 is 6.18 Å². The van der Waals surface area contributed by atoms with Crippen molar-refractivity contribution in [1.82, 2.24) is 4.57 Å². The Kier molecular flexibility index (Phi) is 4.16. The fourth-order valence-corrected chi connectivity index (χ4v) is 2.32. The topological polar surface area (TPSA) is 22.0 Å². The molecule has 0 saturated carbocycles. The molecule has 0 aliphatic rings. The van der Waals surface area contributed by atoms with Gasteiger partial charge in [-0.3, -0.25) is 4.79 Å². The predicted octanol–water partition coefficient (Wildman–Crippen LogP) is 4.21. The van der Waals surface area contributed by atoms with Gasteiger partial charge in [0.15, 0.2) is 5.43 Å². The van der Waals surface area contributed by atoms with Crippen LogP contribution in [0.25, 0.3) is 10.9 Å². The zero-order chi connectivity index (χ0) is 14.8. The summed E-state index contributed by atoms with van der Waals surface area (Å²) in [7, 11) is 0. The highest BCUT2D eigenvalue weighted by Crippen LogP contribution is 2.30. The van der Waals surface area contributed by atoms with Crippen molar-refractivity contribution in [3.8, 4) is 0 Å². The lowest BCUT2D eigenvalue weighted by molar-refractivity contribution is -0.143. The van der Waals surface area contributed by atoms with Crippen LogP contribution in [0.15, 0.2) is 35.1 Å². The lowest BCUT2D eigenvalue weighted by Gasteiger charge is -2.18. The molecule has 2 aromatic rings. The molecule has 20 heavy (non-hydrogen) atoms. The molecular weight excluding hydrogens is 267 g/mol. The first-order valence-electron chi connectivity index (χ1n) is 6.65. The number of rotatable bonds is 4. The Morgan fingerprint density at radius 3 is 2.50 bits per heavy atom. The number of fused-ring (bicyclic) bond motifs is 1. The summed E-state index contributed by atoms with van der Waals surface area (Å²) in [6, 6.07) is 7.14. The van der Waals surface area contributed by atoms with Gasteiger partial charge in [0.05, 0.1) is 5.52 Å². The van der Waals surface area contributed by atoms with Crippen molar-refractivity contribution in [1.29, 1.82) is 0 Å². The Balaban J connectivity index is 2.64. The van der Waals surface area contributed by atoms with E-state index >= 15 is 0 Å². The third-order valence-electron chi connectivity index (χ3n) is 3.29. The van der Waals surface area contributed by atoms with Gasteiger partial charge in [0.2, 0.25) is 0 Å². The van der Waals surface area contributed by atoms with E-state index in [4.69, 9.17) is 0 Å². The van der Waals surface area contributed by atoms with E-state index in [9.17, 15) is 18.0 Å². The maximum atomic E-state index is 13.1. The Morgan fingerprint density at radius 1 is 1.15 bits per heavy atom. The maximum absolute atomic E-state index is 13.1. The molecule has 1 heterocycles. The van der Waals surface area contributed by atoms with Crippen LogP contribution in [-0.2, 0) is 12.7 Å². The Labute approximate surface area is 114 Å². The van der Waals surface area contributed by atoms with Crippen LogP contribution in [0, 0.1) is 0 Å². The summed E-state index contributed by atoms with van der Waals surface area (Å²) < 4.78 is 40.5. The Hall–Kier alpha value is -1.78. The number of nitrogens with zero attached hydrogens (tertiary/aromatic N) is 1. The number of alkyl halides is 3. The lowest BCUT2D eigenvalue weighted by Crippen LogP contribution is -2.21. The molecule has 0 saturated heterocycles. The zero-order valence-electron chi connectivity index (χ0n) is 11.2. The highest BCUT2D eigenvalue weighted by Gasteiger charge is 2.34. The van der Waals surface area contributed by atoms with Crippen molar-refractivity contribution in [3.63, 3.8) is 0 Å². The minimum atomic E-state index is -4.52. The molecule has 0 aliphatic heterocycles. The fourth-order valence-electron chi connectivity index (χ4n) is 2.32. The van der Waals surface area contributed by atoms with Crippen molar-refractivity contribution >= 4 is 10.9 Å². The molecule has 0 amide bonds. The lowest BCUT2D eigenvalue weighted by atomic mass is 10.1. The second-order valence-corrected chi connectivity index (χ2v) is 4.77. The molecule has 0 radical (unpaired) electrons. The van der Waals surface area contributed by atoms with Crippen LogP contribution >= 0.6 is 0 Å². The standard InChI is InChI=1S/C15H16F3NO/c1-2-3-6-9-19-12-8-5-4-7-11(12)13(20)10-14(19)15(16,17)18/h4-5,7-8,10H,2-3,6,9H2,1H3. The van der Waals surface area contributed by atoms with Gasteiger partial charge < -0.3 is 4.57 Å². The molecule has 0 spiro atoms. The highest BCUT2D eigenvalue weighted by atomic mass is 19.4. The largest absolute Gasteiger partial charge is 0.431 e.